The molecule has 1 N–H and O–H groups in total. The van der Waals surface area contributed by atoms with Gasteiger partial charge in [0.1, 0.15) is 0 Å². The Labute approximate surface area is 150 Å². The predicted octanol–water partition coefficient (Wildman–Crippen LogP) is 4.56. The number of carbonyl (C=O) groups is 1. The molecule has 3 rings (SSSR count). The highest BCUT2D eigenvalue weighted by atomic mass is 19.4. The predicted molar refractivity (Wildman–Crippen MR) is 94.5 cm³/mol. The summed E-state index contributed by atoms with van der Waals surface area (Å²) in [5, 5.41) is 2.74. The number of hydrogen-bond acceptors (Lipinski definition) is 2. The van der Waals surface area contributed by atoms with Gasteiger partial charge in [-0.2, -0.15) is 13.2 Å². The maximum atomic E-state index is 12.6. The fraction of sp³-hybridized carbons (Fsp3) is 0.350. The zero-order chi connectivity index (χ0) is 18.6. The van der Waals surface area contributed by atoms with E-state index < -0.39 is 11.7 Å². The largest absolute Gasteiger partial charge is 0.416 e. The van der Waals surface area contributed by atoms with E-state index in [4.69, 9.17) is 0 Å². The van der Waals surface area contributed by atoms with Gasteiger partial charge in [-0.15, -0.1) is 0 Å². The molecule has 1 atom stereocenters. The van der Waals surface area contributed by atoms with Gasteiger partial charge in [0.05, 0.1) is 11.5 Å². The van der Waals surface area contributed by atoms with Crippen molar-refractivity contribution in [1.82, 2.24) is 4.90 Å². The number of alkyl halides is 3. The molecule has 0 spiro atoms. The van der Waals surface area contributed by atoms with Crippen molar-refractivity contribution in [3.8, 4) is 0 Å². The average Bonchev–Trinajstić information content (AvgIpc) is 2.62. The maximum Gasteiger partial charge on any atom is 0.416 e. The van der Waals surface area contributed by atoms with Gasteiger partial charge in [-0.25, -0.2) is 0 Å². The fourth-order valence-corrected chi connectivity index (χ4v) is 3.24. The zero-order valence-electron chi connectivity index (χ0n) is 14.3. The van der Waals surface area contributed by atoms with Crippen LogP contribution in [0.25, 0.3) is 0 Å². The number of likely N-dealkylation sites (tertiary alicyclic amines) is 1. The Morgan fingerprint density at radius 3 is 2.42 bits per heavy atom. The molecule has 1 aliphatic rings. The molecular formula is C20H21F3N2O. The number of piperidine rings is 1. The van der Waals surface area contributed by atoms with E-state index in [-0.39, 0.29) is 11.8 Å². The van der Waals surface area contributed by atoms with Gasteiger partial charge in [0, 0.05) is 18.8 Å². The molecule has 0 aromatic heterocycles. The molecule has 3 nitrogen and oxygen atoms in total. The van der Waals surface area contributed by atoms with E-state index in [9.17, 15) is 18.0 Å². The quantitative estimate of drug-likeness (QED) is 0.865. The number of carbonyl (C=O) groups excluding carboxylic acids is 1. The number of hydrogen-bond donors (Lipinski definition) is 1. The summed E-state index contributed by atoms with van der Waals surface area (Å²) in [6, 6.07) is 14.6. The smallest absolute Gasteiger partial charge is 0.326 e. The maximum absolute atomic E-state index is 12.6. The first-order valence-corrected chi connectivity index (χ1v) is 8.66. The molecule has 1 aliphatic heterocycles. The van der Waals surface area contributed by atoms with E-state index in [1.807, 2.05) is 18.2 Å². The summed E-state index contributed by atoms with van der Waals surface area (Å²) in [4.78, 5) is 14.7. The van der Waals surface area contributed by atoms with Crippen LogP contribution in [-0.2, 0) is 17.5 Å². The van der Waals surface area contributed by atoms with Crippen LogP contribution in [0, 0.1) is 5.92 Å². The average molecular weight is 362 g/mol. The standard InChI is InChI=1S/C20H21F3N2O/c21-20(22,23)17-8-10-18(11-9-17)24-19(26)16-7-4-12-25(14-16)13-15-5-2-1-3-6-15/h1-3,5-6,8-11,16H,4,7,12-14H2,(H,24,26). The minimum Gasteiger partial charge on any atom is -0.326 e. The minimum absolute atomic E-state index is 0.137. The van der Waals surface area contributed by atoms with E-state index in [0.29, 0.717) is 12.2 Å². The summed E-state index contributed by atoms with van der Waals surface area (Å²) in [5.41, 5.74) is 0.877. The number of nitrogens with zero attached hydrogens (tertiary/aromatic N) is 1. The van der Waals surface area contributed by atoms with Gasteiger partial charge >= 0.3 is 6.18 Å². The van der Waals surface area contributed by atoms with Gasteiger partial charge in [-0.3, -0.25) is 9.69 Å². The first-order chi connectivity index (χ1) is 12.4. The van der Waals surface area contributed by atoms with Crippen LogP contribution >= 0.6 is 0 Å². The van der Waals surface area contributed by atoms with E-state index in [2.05, 4.69) is 22.3 Å². The Hall–Kier alpha value is -2.34. The lowest BCUT2D eigenvalue weighted by atomic mass is 9.96. The van der Waals surface area contributed by atoms with Crippen molar-refractivity contribution < 1.29 is 18.0 Å². The van der Waals surface area contributed by atoms with Crippen LogP contribution in [0.5, 0.6) is 0 Å². The summed E-state index contributed by atoms with van der Waals surface area (Å²) >= 11 is 0. The summed E-state index contributed by atoms with van der Waals surface area (Å²) in [6.45, 7) is 2.39. The second-order valence-electron chi connectivity index (χ2n) is 6.62. The summed E-state index contributed by atoms with van der Waals surface area (Å²) in [6.07, 6.45) is -2.65. The van der Waals surface area contributed by atoms with Gasteiger partial charge in [0.2, 0.25) is 5.91 Å². The second-order valence-corrected chi connectivity index (χ2v) is 6.62. The molecule has 1 fully saturated rings. The van der Waals surface area contributed by atoms with Crippen molar-refractivity contribution in [1.29, 1.82) is 0 Å². The fourth-order valence-electron chi connectivity index (χ4n) is 3.24. The van der Waals surface area contributed by atoms with Crippen LogP contribution in [0.1, 0.15) is 24.0 Å². The first kappa shape index (κ1) is 18.5. The summed E-state index contributed by atoms with van der Waals surface area (Å²) < 4.78 is 37.8. The molecule has 6 heteroatoms. The van der Waals surface area contributed by atoms with E-state index in [1.54, 1.807) is 0 Å². The van der Waals surface area contributed by atoms with Gasteiger partial charge in [-0.05, 0) is 49.2 Å². The molecule has 1 saturated heterocycles. The first-order valence-electron chi connectivity index (χ1n) is 8.66. The Kier molecular flexibility index (Phi) is 5.61. The molecule has 0 bridgehead atoms. The minimum atomic E-state index is -4.37. The van der Waals surface area contributed by atoms with Crippen LogP contribution in [0.4, 0.5) is 18.9 Å². The lowest BCUT2D eigenvalue weighted by Gasteiger charge is -2.32. The Bertz CT molecular complexity index is 729. The third kappa shape index (κ3) is 4.85. The SMILES string of the molecule is O=C(Nc1ccc(C(F)(F)F)cc1)C1CCCN(Cc2ccccc2)C1. The number of benzene rings is 2. The zero-order valence-corrected chi connectivity index (χ0v) is 14.3. The van der Waals surface area contributed by atoms with Crippen molar-refractivity contribution in [3.63, 3.8) is 0 Å². The topological polar surface area (TPSA) is 32.3 Å². The van der Waals surface area contributed by atoms with E-state index in [1.165, 1.54) is 17.7 Å². The van der Waals surface area contributed by atoms with Crippen LogP contribution in [0.2, 0.25) is 0 Å². The van der Waals surface area contributed by atoms with Crippen molar-refractivity contribution in [2.24, 2.45) is 5.92 Å². The molecule has 0 saturated carbocycles. The van der Waals surface area contributed by atoms with Crippen LogP contribution in [-0.4, -0.2) is 23.9 Å². The molecule has 138 valence electrons. The summed E-state index contributed by atoms with van der Waals surface area (Å²) in [7, 11) is 0. The Morgan fingerprint density at radius 1 is 1.08 bits per heavy atom. The lowest BCUT2D eigenvalue weighted by molar-refractivity contribution is -0.137. The third-order valence-corrected chi connectivity index (χ3v) is 4.61. The monoisotopic (exact) mass is 362 g/mol. The molecule has 0 radical (unpaired) electrons. The Morgan fingerprint density at radius 2 is 1.77 bits per heavy atom. The number of rotatable bonds is 4. The second kappa shape index (κ2) is 7.91. The molecule has 0 aliphatic carbocycles. The molecule has 2 aromatic rings. The summed E-state index contributed by atoms with van der Waals surface area (Å²) in [5.74, 6) is -0.294. The number of nitrogens with one attached hydrogen (secondary N) is 1. The molecule has 1 amide bonds. The number of halogens is 3. The Balaban J connectivity index is 1.57. The molecule has 1 unspecified atom stereocenters. The van der Waals surface area contributed by atoms with E-state index in [0.717, 1.165) is 38.1 Å². The van der Waals surface area contributed by atoms with Gasteiger partial charge < -0.3 is 5.32 Å². The van der Waals surface area contributed by atoms with Crippen molar-refractivity contribution in [3.05, 3.63) is 65.7 Å². The molecule has 26 heavy (non-hydrogen) atoms. The van der Waals surface area contributed by atoms with Crippen LogP contribution in [0.15, 0.2) is 54.6 Å². The number of anilines is 1. The van der Waals surface area contributed by atoms with E-state index >= 15 is 0 Å². The lowest BCUT2D eigenvalue weighted by Crippen LogP contribution is -2.40. The normalized spacial score (nSPS) is 18.5. The molecular weight excluding hydrogens is 341 g/mol. The van der Waals surface area contributed by atoms with Crippen molar-refractivity contribution >= 4 is 11.6 Å². The highest BCUT2D eigenvalue weighted by Gasteiger charge is 2.30. The van der Waals surface area contributed by atoms with Gasteiger partial charge in [0.15, 0.2) is 0 Å². The van der Waals surface area contributed by atoms with Gasteiger partial charge in [0.25, 0.3) is 0 Å². The number of amides is 1. The molecule has 2 aromatic carbocycles. The van der Waals surface area contributed by atoms with Crippen molar-refractivity contribution in [2.75, 3.05) is 18.4 Å². The van der Waals surface area contributed by atoms with Crippen LogP contribution in [0.3, 0.4) is 0 Å². The molecule has 1 heterocycles. The van der Waals surface area contributed by atoms with Crippen LogP contribution < -0.4 is 5.32 Å². The third-order valence-electron chi connectivity index (χ3n) is 4.61. The highest BCUT2D eigenvalue weighted by Crippen LogP contribution is 2.30. The van der Waals surface area contributed by atoms with Crippen molar-refractivity contribution in [2.45, 2.75) is 25.6 Å². The highest BCUT2D eigenvalue weighted by molar-refractivity contribution is 5.92. The van der Waals surface area contributed by atoms with Gasteiger partial charge in [-0.1, -0.05) is 30.3 Å².